The van der Waals surface area contributed by atoms with Gasteiger partial charge in [0.15, 0.2) is 5.82 Å². The molecule has 0 aliphatic rings. The van der Waals surface area contributed by atoms with E-state index in [0.29, 0.717) is 12.5 Å². The van der Waals surface area contributed by atoms with Crippen LogP contribution in [0.15, 0.2) is 12.3 Å². The second kappa shape index (κ2) is 6.75. The molecule has 0 aliphatic heterocycles. The Balaban J connectivity index is 2.79. The SMILES string of the molecule is CCCC(OCC)c1nccc(CCl)n1. The van der Waals surface area contributed by atoms with Gasteiger partial charge in [0.2, 0.25) is 0 Å². The van der Waals surface area contributed by atoms with E-state index in [-0.39, 0.29) is 6.10 Å². The molecule has 0 N–H and O–H groups in total. The molecule has 0 spiro atoms. The lowest BCUT2D eigenvalue weighted by Crippen LogP contribution is -2.09. The van der Waals surface area contributed by atoms with Crippen LogP contribution in [0, 0.1) is 0 Å². The maximum absolute atomic E-state index is 5.73. The molecule has 0 saturated carbocycles. The maximum atomic E-state index is 5.73. The third-order valence-electron chi connectivity index (χ3n) is 2.08. The minimum atomic E-state index is 0.00293. The molecule has 84 valence electrons. The average Bonchev–Trinajstić information content (AvgIpc) is 2.29. The predicted octanol–water partition coefficient (Wildman–Crippen LogP) is 3.09. The molecule has 15 heavy (non-hydrogen) atoms. The summed E-state index contributed by atoms with van der Waals surface area (Å²) in [6.07, 6.45) is 3.74. The molecule has 1 aromatic rings. The van der Waals surface area contributed by atoms with Crippen LogP contribution in [0.2, 0.25) is 0 Å². The molecule has 3 nitrogen and oxygen atoms in total. The van der Waals surface area contributed by atoms with Crippen LogP contribution >= 0.6 is 11.6 Å². The normalized spacial score (nSPS) is 12.7. The number of nitrogens with zero attached hydrogens (tertiary/aromatic N) is 2. The monoisotopic (exact) mass is 228 g/mol. The second-order valence-electron chi connectivity index (χ2n) is 3.27. The third-order valence-corrected chi connectivity index (χ3v) is 2.35. The van der Waals surface area contributed by atoms with Crippen LogP contribution in [0.1, 0.15) is 44.3 Å². The van der Waals surface area contributed by atoms with Gasteiger partial charge in [-0.05, 0) is 19.4 Å². The molecule has 0 fully saturated rings. The summed E-state index contributed by atoms with van der Waals surface area (Å²) in [5, 5.41) is 0. The van der Waals surface area contributed by atoms with E-state index in [1.807, 2.05) is 13.0 Å². The summed E-state index contributed by atoms with van der Waals surface area (Å²) in [4.78, 5) is 8.59. The molecular weight excluding hydrogens is 212 g/mol. The van der Waals surface area contributed by atoms with E-state index in [9.17, 15) is 0 Å². The highest BCUT2D eigenvalue weighted by atomic mass is 35.5. The number of hydrogen-bond acceptors (Lipinski definition) is 3. The molecule has 1 rings (SSSR count). The van der Waals surface area contributed by atoms with Crippen molar-refractivity contribution >= 4 is 11.6 Å². The van der Waals surface area contributed by atoms with E-state index in [1.54, 1.807) is 6.20 Å². The summed E-state index contributed by atoms with van der Waals surface area (Å²) >= 11 is 5.73. The molecule has 0 bridgehead atoms. The fraction of sp³-hybridized carbons (Fsp3) is 0.636. The fourth-order valence-electron chi connectivity index (χ4n) is 1.39. The topological polar surface area (TPSA) is 35.0 Å². The zero-order valence-corrected chi connectivity index (χ0v) is 10.00. The lowest BCUT2D eigenvalue weighted by atomic mass is 10.2. The maximum Gasteiger partial charge on any atom is 0.157 e. The molecular formula is C11H17ClN2O. The molecule has 1 unspecified atom stereocenters. The molecule has 4 heteroatoms. The van der Waals surface area contributed by atoms with Crippen molar-refractivity contribution < 1.29 is 4.74 Å². The van der Waals surface area contributed by atoms with Crippen LogP contribution < -0.4 is 0 Å². The van der Waals surface area contributed by atoms with Crippen molar-refractivity contribution in [2.75, 3.05) is 6.61 Å². The Kier molecular flexibility index (Phi) is 5.58. The zero-order chi connectivity index (χ0) is 11.1. The molecule has 0 aromatic carbocycles. The van der Waals surface area contributed by atoms with Gasteiger partial charge >= 0.3 is 0 Å². The van der Waals surface area contributed by atoms with Gasteiger partial charge in [0.25, 0.3) is 0 Å². The van der Waals surface area contributed by atoms with Crippen molar-refractivity contribution in [3.63, 3.8) is 0 Å². The molecule has 0 radical (unpaired) electrons. The summed E-state index contributed by atoms with van der Waals surface area (Å²) in [7, 11) is 0. The predicted molar refractivity (Wildman–Crippen MR) is 60.9 cm³/mol. The van der Waals surface area contributed by atoms with Gasteiger partial charge < -0.3 is 4.74 Å². The lowest BCUT2D eigenvalue weighted by molar-refractivity contribution is 0.0492. The Hall–Kier alpha value is -0.670. The van der Waals surface area contributed by atoms with Gasteiger partial charge in [0, 0.05) is 12.8 Å². The number of hydrogen-bond donors (Lipinski definition) is 0. The van der Waals surface area contributed by atoms with Crippen molar-refractivity contribution in [2.24, 2.45) is 0 Å². The Morgan fingerprint density at radius 3 is 2.87 bits per heavy atom. The van der Waals surface area contributed by atoms with Crippen molar-refractivity contribution in [1.82, 2.24) is 9.97 Å². The Labute approximate surface area is 95.8 Å². The van der Waals surface area contributed by atoms with E-state index in [4.69, 9.17) is 16.3 Å². The van der Waals surface area contributed by atoms with Gasteiger partial charge in [-0.2, -0.15) is 0 Å². The minimum Gasteiger partial charge on any atom is -0.371 e. The molecule has 1 atom stereocenters. The largest absolute Gasteiger partial charge is 0.371 e. The van der Waals surface area contributed by atoms with E-state index in [0.717, 1.165) is 24.4 Å². The van der Waals surface area contributed by atoms with Gasteiger partial charge in [-0.25, -0.2) is 9.97 Å². The third kappa shape index (κ3) is 3.76. The van der Waals surface area contributed by atoms with Crippen LogP contribution in [0.25, 0.3) is 0 Å². The summed E-state index contributed by atoms with van der Waals surface area (Å²) in [5.41, 5.74) is 0.850. The summed E-state index contributed by atoms with van der Waals surface area (Å²) < 4.78 is 5.60. The first-order valence-electron chi connectivity index (χ1n) is 5.31. The first-order chi connectivity index (χ1) is 7.31. The van der Waals surface area contributed by atoms with E-state index >= 15 is 0 Å². The Morgan fingerprint density at radius 1 is 1.47 bits per heavy atom. The van der Waals surface area contributed by atoms with E-state index in [1.165, 1.54) is 0 Å². The van der Waals surface area contributed by atoms with Crippen LogP contribution in [-0.2, 0) is 10.6 Å². The van der Waals surface area contributed by atoms with Crippen molar-refractivity contribution in [2.45, 2.75) is 38.7 Å². The highest BCUT2D eigenvalue weighted by molar-refractivity contribution is 6.16. The summed E-state index contributed by atoms with van der Waals surface area (Å²) in [5.74, 6) is 1.16. The molecule has 0 amide bonds. The number of halogens is 1. The van der Waals surface area contributed by atoms with Gasteiger partial charge in [-0.1, -0.05) is 13.3 Å². The highest BCUT2D eigenvalue weighted by Crippen LogP contribution is 2.19. The van der Waals surface area contributed by atoms with E-state index in [2.05, 4.69) is 16.9 Å². The van der Waals surface area contributed by atoms with Crippen LogP contribution in [0.3, 0.4) is 0 Å². The summed E-state index contributed by atoms with van der Waals surface area (Å²) in [6, 6.07) is 1.82. The molecule has 0 aliphatic carbocycles. The lowest BCUT2D eigenvalue weighted by Gasteiger charge is -2.14. The standard InChI is InChI=1S/C11H17ClN2O/c1-3-5-10(15-4-2)11-13-7-6-9(8-12)14-11/h6-7,10H,3-5,8H2,1-2H3. The van der Waals surface area contributed by atoms with Crippen LogP contribution in [0.4, 0.5) is 0 Å². The smallest absolute Gasteiger partial charge is 0.157 e. The second-order valence-corrected chi connectivity index (χ2v) is 3.54. The summed E-state index contributed by atoms with van der Waals surface area (Å²) in [6.45, 7) is 4.78. The fourth-order valence-corrected chi connectivity index (χ4v) is 1.54. The number of alkyl halides is 1. The van der Waals surface area contributed by atoms with Crippen LogP contribution in [0.5, 0.6) is 0 Å². The van der Waals surface area contributed by atoms with Gasteiger partial charge in [0.1, 0.15) is 6.10 Å². The van der Waals surface area contributed by atoms with Crippen molar-refractivity contribution in [3.05, 3.63) is 23.8 Å². The Morgan fingerprint density at radius 2 is 2.27 bits per heavy atom. The first kappa shape index (κ1) is 12.4. The number of ether oxygens (including phenoxy) is 1. The molecule has 1 heterocycles. The van der Waals surface area contributed by atoms with Gasteiger partial charge in [-0.15, -0.1) is 11.6 Å². The van der Waals surface area contributed by atoms with Gasteiger partial charge in [-0.3, -0.25) is 0 Å². The quantitative estimate of drug-likeness (QED) is 0.702. The number of rotatable bonds is 6. The van der Waals surface area contributed by atoms with Crippen LogP contribution in [-0.4, -0.2) is 16.6 Å². The Bertz CT molecular complexity index is 288. The average molecular weight is 229 g/mol. The molecule has 0 saturated heterocycles. The minimum absolute atomic E-state index is 0.00293. The highest BCUT2D eigenvalue weighted by Gasteiger charge is 2.13. The van der Waals surface area contributed by atoms with Crippen molar-refractivity contribution in [1.29, 1.82) is 0 Å². The zero-order valence-electron chi connectivity index (χ0n) is 9.24. The van der Waals surface area contributed by atoms with Crippen molar-refractivity contribution in [3.8, 4) is 0 Å². The van der Waals surface area contributed by atoms with Gasteiger partial charge in [0.05, 0.1) is 11.6 Å². The number of aromatic nitrogens is 2. The first-order valence-corrected chi connectivity index (χ1v) is 5.84. The van der Waals surface area contributed by atoms with E-state index < -0.39 is 0 Å². The molecule has 1 aromatic heterocycles.